The highest BCUT2D eigenvalue weighted by Crippen LogP contribution is 2.26. The fourth-order valence-corrected chi connectivity index (χ4v) is 2.46. The van der Waals surface area contributed by atoms with Crippen molar-refractivity contribution in [3.8, 4) is 0 Å². The minimum atomic E-state index is 0.676. The van der Waals surface area contributed by atoms with Crippen molar-refractivity contribution in [2.24, 2.45) is 0 Å². The lowest BCUT2D eigenvalue weighted by molar-refractivity contribution is 1.08. The Morgan fingerprint density at radius 2 is 2.00 bits per heavy atom. The summed E-state index contributed by atoms with van der Waals surface area (Å²) in [5.41, 5.74) is 4.05. The number of nitrogens with one attached hydrogen (secondary N) is 2. The molecule has 1 aromatic carbocycles. The van der Waals surface area contributed by atoms with Crippen LogP contribution in [-0.2, 0) is 6.54 Å². The molecule has 5 nitrogen and oxygen atoms in total. The lowest BCUT2D eigenvalue weighted by atomic mass is 10.2. The Hall–Kier alpha value is -2.95. The van der Waals surface area contributed by atoms with Crippen LogP contribution in [0, 0.1) is 0 Å². The Bertz CT molecular complexity index is 898. The van der Waals surface area contributed by atoms with E-state index >= 15 is 0 Å². The molecule has 0 atom stereocenters. The third kappa shape index (κ3) is 2.08. The summed E-state index contributed by atoms with van der Waals surface area (Å²) in [5.74, 6) is 0.806. The van der Waals surface area contributed by atoms with Crippen LogP contribution >= 0.6 is 0 Å². The molecule has 21 heavy (non-hydrogen) atoms. The highest BCUT2D eigenvalue weighted by molar-refractivity contribution is 6.07. The van der Waals surface area contributed by atoms with Crippen LogP contribution in [0.5, 0.6) is 0 Å². The monoisotopic (exact) mass is 275 g/mol. The second kappa shape index (κ2) is 4.86. The average Bonchev–Trinajstić information content (AvgIpc) is 2.93. The van der Waals surface area contributed by atoms with Crippen molar-refractivity contribution >= 4 is 27.8 Å². The molecule has 0 aliphatic heterocycles. The summed E-state index contributed by atoms with van der Waals surface area (Å²) in [5, 5.41) is 4.45. The minimum Gasteiger partial charge on any atom is -0.364 e. The topological polar surface area (TPSA) is 66.5 Å². The molecule has 0 amide bonds. The van der Waals surface area contributed by atoms with E-state index in [1.807, 2.05) is 36.5 Å². The van der Waals surface area contributed by atoms with E-state index in [0.29, 0.717) is 6.54 Å². The quantitative estimate of drug-likeness (QED) is 0.603. The predicted octanol–water partition coefficient (Wildman–Crippen LogP) is 3.12. The molecule has 3 heterocycles. The normalized spacial score (nSPS) is 11.0. The van der Waals surface area contributed by atoms with Crippen LogP contribution in [0.15, 0.2) is 55.1 Å². The van der Waals surface area contributed by atoms with Crippen molar-refractivity contribution < 1.29 is 0 Å². The van der Waals surface area contributed by atoms with Gasteiger partial charge < -0.3 is 10.3 Å². The summed E-state index contributed by atoms with van der Waals surface area (Å²) in [6, 6.07) is 12.1. The number of fused-ring (bicyclic) bond motifs is 3. The van der Waals surface area contributed by atoms with Crippen LogP contribution in [0.2, 0.25) is 0 Å². The van der Waals surface area contributed by atoms with Crippen molar-refractivity contribution in [3.05, 3.63) is 60.7 Å². The molecular weight excluding hydrogens is 262 g/mol. The zero-order valence-corrected chi connectivity index (χ0v) is 11.2. The van der Waals surface area contributed by atoms with Crippen LogP contribution < -0.4 is 5.32 Å². The maximum atomic E-state index is 4.39. The van der Waals surface area contributed by atoms with Gasteiger partial charge in [0.1, 0.15) is 17.4 Å². The highest BCUT2D eigenvalue weighted by atomic mass is 15.0. The number of para-hydroxylation sites is 1. The van der Waals surface area contributed by atoms with Crippen molar-refractivity contribution in [1.29, 1.82) is 0 Å². The van der Waals surface area contributed by atoms with E-state index in [1.54, 1.807) is 12.5 Å². The molecule has 0 bridgehead atoms. The van der Waals surface area contributed by atoms with Crippen molar-refractivity contribution in [2.45, 2.75) is 6.54 Å². The third-order valence-electron chi connectivity index (χ3n) is 3.47. The average molecular weight is 275 g/mol. The minimum absolute atomic E-state index is 0.676. The molecule has 2 N–H and O–H groups in total. The number of H-pyrrole nitrogens is 1. The SMILES string of the molecule is c1cncc(CNc2ncnc3c2[nH]c2ccccc23)c1. The van der Waals surface area contributed by atoms with Crippen molar-refractivity contribution in [2.75, 3.05) is 5.32 Å². The third-order valence-corrected chi connectivity index (χ3v) is 3.47. The van der Waals surface area contributed by atoms with E-state index in [4.69, 9.17) is 0 Å². The van der Waals surface area contributed by atoms with Gasteiger partial charge >= 0.3 is 0 Å². The van der Waals surface area contributed by atoms with E-state index in [9.17, 15) is 0 Å². The Balaban J connectivity index is 1.75. The van der Waals surface area contributed by atoms with E-state index < -0.39 is 0 Å². The van der Waals surface area contributed by atoms with Gasteiger partial charge in [0.2, 0.25) is 0 Å². The van der Waals surface area contributed by atoms with Crippen LogP contribution in [-0.4, -0.2) is 19.9 Å². The summed E-state index contributed by atoms with van der Waals surface area (Å²) in [4.78, 5) is 16.2. The van der Waals surface area contributed by atoms with Gasteiger partial charge in [-0.3, -0.25) is 4.98 Å². The fourth-order valence-electron chi connectivity index (χ4n) is 2.46. The zero-order chi connectivity index (χ0) is 14.1. The zero-order valence-electron chi connectivity index (χ0n) is 11.2. The number of nitrogens with zero attached hydrogens (tertiary/aromatic N) is 3. The van der Waals surface area contributed by atoms with Gasteiger partial charge in [-0.1, -0.05) is 24.3 Å². The summed E-state index contributed by atoms with van der Waals surface area (Å²) >= 11 is 0. The first kappa shape index (κ1) is 11.8. The number of aromatic nitrogens is 4. The van der Waals surface area contributed by atoms with Crippen LogP contribution in [0.3, 0.4) is 0 Å². The van der Waals surface area contributed by atoms with Gasteiger partial charge in [0.15, 0.2) is 5.82 Å². The Labute approximate surface area is 121 Å². The van der Waals surface area contributed by atoms with E-state index in [1.165, 1.54) is 0 Å². The molecule has 0 saturated heterocycles. The Morgan fingerprint density at radius 1 is 1.05 bits per heavy atom. The Morgan fingerprint density at radius 3 is 2.90 bits per heavy atom. The summed E-state index contributed by atoms with van der Waals surface area (Å²) in [7, 11) is 0. The molecule has 0 spiro atoms. The largest absolute Gasteiger partial charge is 0.364 e. The number of aromatic amines is 1. The lowest BCUT2D eigenvalue weighted by Gasteiger charge is -2.05. The molecule has 5 heteroatoms. The fraction of sp³-hybridized carbons (Fsp3) is 0.0625. The molecule has 0 aliphatic rings. The van der Waals surface area contributed by atoms with Gasteiger partial charge in [-0.05, 0) is 17.7 Å². The highest BCUT2D eigenvalue weighted by Gasteiger charge is 2.09. The summed E-state index contributed by atoms with van der Waals surface area (Å²) in [6.45, 7) is 0.676. The lowest BCUT2D eigenvalue weighted by Crippen LogP contribution is -2.02. The van der Waals surface area contributed by atoms with Crippen LogP contribution in [0.1, 0.15) is 5.56 Å². The Kier molecular flexibility index (Phi) is 2.74. The molecule has 0 radical (unpaired) electrons. The molecule has 3 aromatic heterocycles. The second-order valence-corrected chi connectivity index (χ2v) is 4.83. The molecule has 102 valence electrons. The molecule has 0 aliphatic carbocycles. The standard InChI is InChI=1S/C16H13N5/c1-2-6-13-12(5-1)14-15(21-13)16(20-10-19-14)18-9-11-4-3-7-17-8-11/h1-8,10,21H,9H2,(H,18,19,20). The predicted molar refractivity (Wildman–Crippen MR) is 83.0 cm³/mol. The number of rotatable bonds is 3. The van der Waals surface area contributed by atoms with Gasteiger partial charge in [0, 0.05) is 29.8 Å². The number of benzene rings is 1. The molecule has 4 aromatic rings. The van der Waals surface area contributed by atoms with Gasteiger partial charge in [-0.15, -0.1) is 0 Å². The maximum absolute atomic E-state index is 4.39. The van der Waals surface area contributed by atoms with Crippen LogP contribution in [0.4, 0.5) is 5.82 Å². The first-order valence-electron chi connectivity index (χ1n) is 6.76. The first-order valence-corrected chi connectivity index (χ1v) is 6.76. The summed E-state index contributed by atoms with van der Waals surface area (Å²) in [6.07, 6.45) is 5.20. The number of hydrogen-bond donors (Lipinski definition) is 2. The first-order chi connectivity index (χ1) is 10.4. The second-order valence-electron chi connectivity index (χ2n) is 4.83. The number of hydrogen-bond acceptors (Lipinski definition) is 4. The number of anilines is 1. The smallest absolute Gasteiger partial charge is 0.154 e. The van der Waals surface area contributed by atoms with Crippen molar-refractivity contribution in [1.82, 2.24) is 19.9 Å². The van der Waals surface area contributed by atoms with Crippen LogP contribution in [0.25, 0.3) is 21.9 Å². The molecule has 0 fully saturated rings. The van der Waals surface area contributed by atoms with E-state index in [0.717, 1.165) is 33.3 Å². The van der Waals surface area contributed by atoms with E-state index in [2.05, 4.69) is 31.3 Å². The van der Waals surface area contributed by atoms with Gasteiger partial charge in [-0.25, -0.2) is 9.97 Å². The van der Waals surface area contributed by atoms with Gasteiger partial charge in [0.25, 0.3) is 0 Å². The van der Waals surface area contributed by atoms with Gasteiger partial charge in [0.05, 0.1) is 0 Å². The van der Waals surface area contributed by atoms with E-state index in [-0.39, 0.29) is 0 Å². The summed E-state index contributed by atoms with van der Waals surface area (Å²) < 4.78 is 0. The number of pyridine rings is 1. The maximum Gasteiger partial charge on any atom is 0.154 e. The molecule has 0 saturated carbocycles. The van der Waals surface area contributed by atoms with Gasteiger partial charge in [-0.2, -0.15) is 0 Å². The molecular formula is C16H13N5. The molecule has 0 unspecified atom stereocenters. The molecule has 4 rings (SSSR count). The van der Waals surface area contributed by atoms with Crippen molar-refractivity contribution in [3.63, 3.8) is 0 Å².